The number of carbonyl (C=O) groups excluding carboxylic acids is 1. The van der Waals surface area contributed by atoms with Crippen molar-refractivity contribution in [1.82, 2.24) is 0 Å². The van der Waals surface area contributed by atoms with Crippen LogP contribution in [0.5, 0.6) is 0 Å². The van der Waals surface area contributed by atoms with E-state index in [1.165, 1.54) is 0 Å². The summed E-state index contributed by atoms with van der Waals surface area (Å²) in [7, 11) is 0. The third-order valence-corrected chi connectivity index (χ3v) is 8.61. The standard InChI is InChI=1S/C20H30O4/c1-9-8-10-12(14(9)21)16(23)19(4)7-6-11-13(18(11,2)3)17(24)20(19,5)15(10)22/h9,11,13-14,16-17,21,23-24H,6-8H2,1-5H3. The van der Waals surface area contributed by atoms with Crippen LogP contribution in [0.15, 0.2) is 11.1 Å². The number of allylic oxidation sites excluding steroid dienone is 1. The van der Waals surface area contributed by atoms with Crippen LogP contribution in [0, 0.1) is 34.0 Å². The largest absolute Gasteiger partial charge is 0.392 e. The van der Waals surface area contributed by atoms with Crippen molar-refractivity contribution in [3.63, 3.8) is 0 Å². The molecule has 0 aliphatic heterocycles. The molecule has 2 saturated carbocycles. The maximum absolute atomic E-state index is 13.5. The summed E-state index contributed by atoms with van der Waals surface area (Å²) in [6, 6.07) is 0. The Morgan fingerprint density at radius 1 is 1.08 bits per heavy atom. The number of hydrogen-bond acceptors (Lipinski definition) is 4. The first-order chi connectivity index (χ1) is 11.0. The minimum atomic E-state index is -0.984. The third kappa shape index (κ3) is 1.59. The summed E-state index contributed by atoms with van der Waals surface area (Å²) in [5, 5.41) is 33.0. The first kappa shape index (κ1) is 16.7. The van der Waals surface area contributed by atoms with Crippen molar-refractivity contribution in [1.29, 1.82) is 0 Å². The molecule has 4 rings (SSSR count). The van der Waals surface area contributed by atoms with Crippen LogP contribution >= 0.6 is 0 Å². The fourth-order valence-corrected chi connectivity index (χ4v) is 6.44. The lowest BCUT2D eigenvalue weighted by Crippen LogP contribution is -2.61. The van der Waals surface area contributed by atoms with Gasteiger partial charge in [0.05, 0.1) is 23.7 Å². The predicted octanol–water partition coefficient (Wildman–Crippen LogP) is 2.07. The number of rotatable bonds is 0. The average Bonchev–Trinajstić information content (AvgIpc) is 2.97. The van der Waals surface area contributed by atoms with Gasteiger partial charge in [-0.15, -0.1) is 0 Å². The quantitative estimate of drug-likeness (QED) is 0.634. The maximum Gasteiger partial charge on any atom is 0.168 e. The van der Waals surface area contributed by atoms with Gasteiger partial charge in [0, 0.05) is 11.0 Å². The van der Waals surface area contributed by atoms with E-state index in [0.29, 0.717) is 29.9 Å². The van der Waals surface area contributed by atoms with E-state index >= 15 is 0 Å². The van der Waals surface area contributed by atoms with Crippen LogP contribution in [0.25, 0.3) is 0 Å². The van der Waals surface area contributed by atoms with Crippen molar-refractivity contribution in [2.75, 3.05) is 0 Å². The fraction of sp³-hybridized carbons (Fsp3) is 0.850. The molecule has 0 aromatic carbocycles. The Labute approximate surface area is 144 Å². The van der Waals surface area contributed by atoms with Crippen molar-refractivity contribution in [2.45, 2.75) is 72.2 Å². The molecule has 24 heavy (non-hydrogen) atoms. The summed E-state index contributed by atoms with van der Waals surface area (Å²) in [4.78, 5) is 13.5. The minimum Gasteiger partial charge on any atom is -0.392 e. The third-order valence-electron chi connectivity index (χ3n) is 8.61. The molecule has 3 N–H and O–H groups in total. The molecule has 0 aromatic rings. The Morgan fingerprint density at radius 3 is 2.33 bits per heavy atom. The van der Waals surface area contributed by atoms with Gasteiger partial charge in [0.25, 0.3) is 0 Å². The highest BCUT2D eigenvalue weighted by Gasteiger charge is 2.73. The zero-order valence-corrected chi connectivity index (χ0v) is 15.3. The van der Waals surface area contributed by atoms with Crippen molar-refractivity contribution in [3.05, 3.63) is 11.1 Å². The van der Waals surface area contributed by atoms with Gasteiger partial charge in [0.15, 0.2) is 5.78 Å². The number of aliphatic hydroxyl groups is 3. The molecule has 0 radical (unpaired) electrons. The van der Waals surface area contributed by atoms with Crippen LogP contribution < -0.4 is 0 Å². The van der Waals surface area contributed by atoms with E-state index in [9.17, 15) is 20.1 Å². The van der Waals surface area contributed by atoms with Gasteiger partial charge < -0.3 is 15.3 Å². The smallest absolute Gasteiger partial charge is 0.168 e. The normalized spacial score (nSPS) is 55.6. The topological polar surface area (TPSA) is 77.8 Å². The van der Waals surface area contributed by atoms with Crippen LogP contribution in [-0.2, 0) is 4.79 Å². The Balaban J connectivity index is 1.87. The van der Waals surface area contributed by atoms with Crippen molar-refractivity contribution < 1.29 is 20.1 Å². The Kier molecular flexibility index (Phi) is 3.15. The second-order valence-corrected chi connectivity index (χ2v) is 9.85. The van der Waals surface area contributed by atoms with E-state index < -0.39 is 29.1 Å². The zero-order valence-electron chi connectivity index (χ0n) is 15.3. The Bertz CT molecular complexity index is 650. The number of carbonyl (C=O) groups is 1. The van der Waals surface area contributed by atoms with Gasteiger partial charge in [-0.05, 0) is 54.9 Å². The minimum absolute atomic E-state index is 0.0375. The molecule has 8 atom stereocenters. The van der Waals surface area contributed by atoms with Crippen LogP contribution in [0.2, 0.25) is 0 Å². The molecule has 4 aliphatic rings. The summed E-state index contributed by atoms with van der Waals surface area (Å²) >= 11 is 0. The van der Waals surface area contributed by atoms with Gasteiger partial charge in [-0.25, -0.2) is 0 Å². The molecule has 4 aliphatic carbocycles. The van der Waals surface area contributed by atoms with Crippen LogP contribution in [0.4, 0.5) is 0 Å². The predicted molar refractivity (Wildman–Crippen MR) is 90.0 cm³/mol. The van der Waals surface area contributed by atoms with E-state index in [1.54, 1.807) is 0 Å². The van der Waals surface area contributed by atoms with Crippen molar-refractivity contribution in [3.8, 4) is 0 Å². The van der Waals surface area contributed by atoms with Crippen molar-refractivity contribution >= 4 is 5.78 Å². The first-order valence-electron chi connectivity index (χ1n) is 9.31. The second-order valence-electron chi connectivity index (χ2n) is 9.85. The van der Waals surface area contributed by atoms with E-state index in [1.807, 2.05) is 20.8 Å². The highest BCUT2D eigenvalue weighted by atomic mass is 16.3. The molecule has 0 saturated heterocycles. The van der Waals surface area contributed by atoms with Gasteiger partial charge in [0.2, 0.25) is 0 Å². The lowest BCUT2D eigenvalue weighted by Gasteiger charge is -2.54. The summed E-state index contributed by atoms with van der Waals surface area (Å²) in [5.41, 5.74) is -0.529. The number of Topliss-reactive ketones (excluding diaryl/α,β-unsaturated/α-hetero) is 1. The van der Waals surface area contributed by atoms with Gasteiger partial charge >= 0.3 is 0 Å². The fourth-order valence-electron chi connectivity index (χ4n) is 6.44. The summed E-state index contributed by atoms with van der Waals surface area (Å²) in [6.07, 6.45) is -0.219. The van der Waals surface area contributed by atoms with E-state index in [-0.39, 0.29) is 23.0 Å². The monoisotopic (exact) mass is 334 g/mol. The second kappa shape index (κ2) is 4.52. The Morgan fingerprint density at radius 2 is 1.71 bits per heavy atom. The van der Waals surface area contributed by atoms with Gasteiger partial charge in [-0.2, -0.15) is 0 Å². The Hall–Kier alpha value is -0.710. The molecule has 0 spiro atoms. The molecule has 4 heteroatoms. The number of ketones is 1. The molecule has 0 heterocycles. The molecular weight excluding hydrogens is 304 g/mol. The van der Waals surface area contributed by atoms with E-state index in [0.717, 1.165) is 6.42 Å². The number of hydrogen-bond donors (Lipinski definition) is 3. The molecule has 4 nitrogen and oxygen atoms in total. The lowest BCUT2D eigenvalue weighted by atomic mass is 9.50. The highest BCUT2D eigenvalue weighted by Crippen LogP contribution is 2.71. The maximum atomic E-state index is 13.5. The number of fused-ring (bicyclic) bond motifs is 2. The van der Waals surface area contributed by atoms with Crippen molar-refractivity contribution in [2.24, 2.45) is 34.0 Å². The molecule has 8 unspecified atom stereocenters. The molecule has 2 fully saturated rings. The SMILES string of the molecule is CC1CC2=C(C1O)C(O)C1(C)CCC3C(C(O)C1(C)C2=O)C3(C)C. The van der Waals surface area contributed by atoms with E-state index in [4.69, 9.17) is 0 Å². The van der Waals surface area contributed by atoms with E-state index in [2.05, 4.69) is 13.8 Å². The summed E-state index contributed by atoms with van der Waals surface area (Å²) < 4.78 is 0. The lowest BCUT2D eigenvalue weighted by molar-refractivity contribution is -0.161. The number of aliphatic hydroxyl groups excluding tert-OH is 3. The molecular formula is C20H30O4. The summed E-state index contributed by atoms with van der Waals surface area (Å²) in [5.74, 6) is 0.437. The highest BCUT2D eigenvalue weighted by molar-refractivity contribution is 6.03. The van der Waals surface area contributed by atoms with Gasteiger partial charge in [-0.3, -0.25) is 4.79 Å². The average molecular weight is 334 g/mol. The van der Waals surface area contributed by atoms with Crippen LogP contribution in [0.1, 0.15) is 53.9 Å². The molecule has 0 aromatic heterocycles. The molecule has 0 bridgehead atoms. The molecule has 134 valence electrons. The zero-order chi connectivity index (χ0) is 17.8. The van der Waals surface area contributed by atoms with Gasteiger partial charge in [-0.1, -0.05) is 27.7 Å². The van der Waals surface area contributed by atoms with Gasteiger partial charge in [0.1, 0.15) is 0 Å². The van der Waals surface area contributed by atoms with Crippen LogP contribution in [0.3, 0.4) is 0 Å². The molecule has 0 amide bonds. The van der Waals surface area contributed by atoms with Crippen LogP contribution in [-0.4, -0.2) is 39.4 Å². The summed E-state index contributed by atoms with van der Waals surface area (Å²) in [6.45, 7) is 10.1. The first-order valence-corrected chi connectivity index (χ1v) is 9.31.